The Hall–Kier alpha value is -1.28. The van der Waals surface area contributed by atoms with Crippen LogP contribution in [-0.4, -0.2) is 10.9 Å². The molecule has 4 aliphatic carbocycles. The van der Waals surface area contributed by atoms with Crippen molar-refractivity contribution in [1.82, 2.24) is 0 Å². The SMILES string of the molecule is C[C@]12CCC3=C(CCc4cc(O)c(Cl)cc43)[C@@]13C[C@H]3CC2=O. The standard InChI is InChI=1S/C19H19ClO2/c1-18-5-4-12-13-8-15(20)16(21)6-10(13)2-3-14(12)19(18)9-11(19)7-17(18)22/h6,8,11,21H,2-5,7,9H2,1H3/t11-,18-,19+/m1/s1. The fourth-order valence-electron chi connectivity index (χ4n) is 5.83. The van der Waals surface area contributed by atoms with Gasteiger partial charge in [0, 0.05) is 17.3 Å². The second-order valence-electron chi connectivity index (χ2n) is 7.75. The van der Waals surface area contributed by atoms with Crippen molar-refractivity contribution in [3.63, 3.8) is 0 Å². The first-order valence-electron chi connectivity index (χ1n) is 8.25. The lowest BCUT2D eigenvalue weighted by Crippen LogP contribution is -2.38. The van der Waals surface area contributed by atoms with Gasteiger partial charge in [-0.3, -0.25) is 4.79 Å². The number of ketones is 1. The highest BCUT2D eigenvalue weighted by atomic mass is 35.5. The van der Waals surface area contributed by atoms with Crippen LogP contribution in [0.4, 0.5) is 0 Å². The number of hydrogen-bond acceptors (Lipinski definition) is 2. The lowest BCUT2D eigenvalue weighted by molar-refractivity contribution is -0.128. The van der Waals surface area contributed by atoms with Crippen molar-refractivity contribution in [3.05, 3.63) is 33.9 Å². The van der Waals surface area contributed by atoms with Gasteiger partial charge in [-0.1, -0.05) is 24.1 Å². The van der Waals surface area contributed by atoms with E-state index >= 15 is 0 Å². The summed E-state index contributed by atoms with van der Waals surface area (Å²) in [5.41, 5.74) is 5.46. The van der Waals surface area contributed by atoms with E-state index in [0.717, 1.165) is 32.1 Å². The summed E-state index contributed by atoms with van der Waals surface area (Å²) < 4.78 is 0. The molecule has 1 aromatic carbocycles. The number of carbonyl (C=O) groups is 1. The molecule has 2 saturated carbocycles. The van der Waals surface area contributed by atoms with Gasteiger partial charge in [0.15, 0.2) is 0 Å². The molecule has 2 fully saturated rings. The molecule has 0 bridgehead atoms. The van der Waals surface area contributed by atoms with Crippen LogP contribution in [0.5, 0.6) is 5.75 Å². The number of Topliss-reactive ketones (excluding diaryl/α,β-unsaturated/α-hetero) is 1. The summed E-state index contributed by atoms with van der Waals surface area (Å²) in [6, 6.07) is 3.77. The Morgan fingerprint density at radius 3 is 2.91 bits per heavy atom. The molecular weight excluding hydrogens is 296 g/mol. The Morgan fingerprint density at radius 1 is 1.27 bits per heavy atom. The lowest BCUT2D eigenvalue weighted by atomic mass is 9.59. The first kappa shape index (κ1) is 13.2. The predicted octanol–water partition coefficient (Wildman–Crippen LogP) is 4.52. The molecule has 0 aromatic heterocycles. The second kappa shape index (κ2) is 3.79. The van der Waals surface area contributed by atoms with Gasteiger partial charge in [0.25, 0.3) is 0 Å². The van der Waals surface area contributed by atoms with Crippen molar-refractivity contribution in [2.45, 2.75) is 45.4 Å². The molecule has 22 heavy (non-hydrogen) atoms. The molecule has 2 nitrogen and oxygen atoms in total. The fraction of sp³-hybridized carbons (Fsp3) is 0.526. The van der Waals surface area contributed by atoms with Crippen LogP contribution < -0.4 is 0 Å². The van der Waals surface area contributed by atoms with Crippen molar-refractivity contribution in [2.24, 2.45) is 16.7 Å². The van der Waals surface area contributed by atoms with E-state index in [1.54, 1.807) is 5.57 Å². The predicted molar refractivity (Wildman–Crippen MR) is 85.9 cm³/mol. The molecule has 3 heteroatoms. The molecule has 0 saturated heterocycles. The van der Waals surface area contributed by atoms with Gasteiger partial charge in [-0.2, -0.15) is 0 Å². The van der Waals surface area contributed by atoms with Crippen molar-refractivity contribution in [3.8, 4) is 5.75 Å². The van der Waals surface area contributed by atoms with Crippen LogP contribution in [0.2, 0.25) is 5.02 Å². The number of aryl methyl sites for hydroxylation is 1. The average molecular weight is 315 g/mol. The van der Waals surface area contributed by atoms with Crippen LogP contribution in [0.15, 0.2) is 17.7 Å². The third kappa shape index (κ3) is 1.28. The zero-order valence-electron chi connectivity index (χ0n) is 12.7. The minimum atomic E-state index is -0.116. The van der Waals surface area contributed by atoms with E-state index < -0.39 is 0 Å². The number of carbonyl (C=O) groups excluding carboxylic acids is 1. The number of halogens is 1. The molecule has 0 radical (unpaired) electrons. The van der Waals surface area contributed by atoms with E-state index in [0.29, 0.717) is 16.7 Å². The van der Waals surface area contributed by atoms with E-state index in [1.165, 1.54) is 23.1 Å². The fourth-order valence-corrected chi connectivity index (χ4v) is 6.00. The molecule has 0 unspecified atom stereocenters. The minimum absolute atomic E-state index is 0.116. The summed E-state index contributed by atoms with van der Waals surface area (Å²) >= 11 is 6.16. The topological polar surface area (TPSA) is 37.3 Å². The van der Waals surface area contributed by atoms with Crippen LogP contribution >= 0.6 is 11.6 Å². The van der Waals surface area contributed by atoms with Crippen molar-refractivity contribution < 1.29 is 9.90 Å². The van der Waals surface area contributed by atoms with Crippen LogP contribution in [0.25, 0.3) is 5.57 Å². The highest BCUT2D eigenvalue weighted by Gasteiger charge is 2.74. The first-order chi connectivity index (χ1) is 10.5. The van der Waals surface area contributed by atoms with Gasteiger partial charge in [-0.25, -0.2) is 0 Å². The van der Waals surface area contributed by atoms with E-state index in [1.807, 2.05) is 12.1 Å². The van der Waals surface area contributed by atoms with Gasteiger partial charge in [0.2, 0.25) is 0 Å². The van der Waals surface area contributed by atoms with Crippen LogP contribution in [0.1, 0.15) is 50.2 Å². The summed E-state index contributed by atoms with van der Waals surface area (Å²) in [7, 11) is 0. The molecule has 0 aliphatic heterocycles. The Bertz CT molecular complexity index is 778. The number of hydrogen-bond donors (Lipinski definition) is 1. The van der Waals surface area contributed by atoms with Gasteiger partial charge in [0.05, 0.1) is 5.02 Å². The van der Waals surface area contributed by atoms with E-state index in [9.17, 15) is 9.90 Å². The van der Waals surface area contributed by atoms with E-state index in [-0.39, 0.29) is 16.6 Å². The first-order valence-corrected chi connectivity index (χ1v) is 8.63. The van der Waals surface area contributed by atoms with E-state index in [2.05, 4.69) is 6.92 Å². The van der Waals surface area contributed by atoms with Crippen molar-refractivity contribution in [2.75, 3.05) is 0 Å². The number of phenols is 1. The Morgan fingerprint density at radius 2 is 2.09 bits per heavy atom. The van der Waals surface area contributed by atoms with Gasteiger partial charge in [0.1, 0.15) is 11.5 Å². The zero-order chi connectivity index (χ0) is 15.3. The molecular formula is C19H19ClO2. The summed E-state index contributed by atoms with van der Waals surface area (Å²) in [5.74, 6) is 1.26. The molecule has 1 spiro atoms. The molecule has 0 amide bonds. The summed E-state index contributed by atoms with van der Waals surface area (Å²) in [6.07, 6.45) is 5.94. The Balaban J connectivity index is 1.73. The number of benzene rings is 1. The van der Waals surface area contributed by atoms with Crippen LogP contribution in [0, 0.1) is 16.7 Å². The highest BCUT2D eigenvalue weighted by molar-refractivity contribution is 6.32. The maximum atomic E-state index is 12.5. The number of aromatic hydroxyl groups is 1. The second-order valence-corrected chi connectivity index (χ2v) is 8.16. The molecule has 114 valence electrons. The van der Waals surface area contributed by atoms with Crippen molar-refractivity contribution in [1.29, 1.82) is 0 Å². The van der Waals surface area contributed by atoms with Gasteiger partial charge in [-0.05, 0) is 66.9 Å². The molecule has 4 aliphatic rings. The molecule has 5 rings (SSSR count). The van der Waals surface area contributed by atoms with Crippen LogP contribution in [0.3, 0.4) is 0 Å². The molecule has 0 heterocycles. The normalized spacial score (nSPS) is 38.3. The third-order valence-corrected chi connectivity index (χ3v) is 7.36. The maximum absolute atomic E-state index is 12.5. The Labute approximate surface area is 135 Å². The number of rotatable bonds is 0. The monoisotopic (exact) mass is 314 g/mol. The molecule has 1 N–H and O–H groups in total. The summed E-state index contributed by atoms with van der Waals surface area (Å²) in [5, 5.41) is 10.3. The third-order valence-electron chi connectivity index (χ3n) is 7.06. The number of fused-ring (bicyclic) bond motifs is 2. The molecule has 1 aromatic rings. The largest absolute Gasteiger partial charge is 0.506 e. The van der Waals surface area contributed by atoms with Crippen molar-refractivity contribution >= 4 is 23.0 Å². The van der Waals surface area contributed by atoms with Gasteiger partial charge < -0.3 is 5.11 Å². The smallest absolute Gasteiger partial charge is 0.139 e. The maximum Gasteiger partial charge on any atom is 0.139 e. The number of phenolic OH excluding ortho intramolecular Hbond substituents is 1. The van der Waals surface area contributed by atoms with Gasteiger partial charge >= 0.3 is 0 Å². The summed E-state index contributed by atoms with van der Waals surface area (Å²) in [6.45, 7) is 2.21. The lowest BCUT2D eigenvalue weighted by Gasteiger charge is -2.43. The highest BCUT2D eigenvalue weighted by Crippen LogP contribution is 2.79. The average Bonchev–Trinajstić information content (AvgIpc) is 3.14. The van der Waals surface area contributed by atoms with E-state index in [4.69, 9.17) is 11.6 Å². The van der Waals surface area contributed by atoms with Crippen LogP contribution in [-0.2, 0) is 11.2 Å². The minimum Gasteiger partial charge on any atom is -0.506 e. The Kier molecular flexibility index (Phi) is 2.27. The number of allylic oxidation sites excluding steroid dienone is 2. The van der Waals surface area contributed by atoms with Gasteiger partial charge in [-0.15, -0.1) is 0 Å². The zero-order valence-corrected chi connectivity index (χ0v) is 13.5. The quantitative estimate of drug-likeness (QED) is 0.764. The summed E-state index contributed by atoms with van der Waals surface area (Å²) in [4.78, 5) is 12.5. The molecule has 3 atom stereocenters.